The Hall–Kier alpha value is -1.09. The topological polar surface area (TPSA) is 28.2 Å². The third kappa shape index (κ3) is 4.50. The standard InChI is InChI=1S/C16H27N3/c1-4-5-10-19(15-7-8-15)16-9-6-14(12-18-16)11-17-13(2)3/h6,9,12-13,15,17H,4-5,7-8,10-11H2,1-3H3. The molecule has 0 bridgehead atoms. The lowest BCUT2D eigenvalue weighted by atomic mass is 10.2. The Labute approximate surface area is 117 Å². The third-order valence-corrected chi connectivity index (χ3v) is 3.56. The van der Waals surface area contributed by atoms with Crippen molar-refractivity contribution in [3.05, 3.63) is 23.9 Å². The predicted molar refractivity (Wildman–Crippen MR) is 81.5 cm³/mol. The largest absolute Gasteiger partial charge is 0.354 e. The number of nitrogens with one attached hydrogen (secondary N) is 1. The summed E-state index contributed by atoms with van der Waals surface area (Å²) in [6.45, 7) is 8.64. The highest BCUT2D eigenvalue weighted by Gasteiger charge is 2.29. The lowest BCUT2D eigenvalue weighted by Gasteiger charge is -2.23. The molecule has 19 heavy (non-hydrogen) atoms. The molecule has 3 nitrogen and oxygen atoms in total. The summed E-state index contributed by atoms with van der Waals surface area (Å²) in [5.74, 6) is 1.16. The van der Waals surface area contributed by atoms with Crippen LogP contribution in [-0.4, -0.2) is 23.6 Å². The summed E-state index contributed by atoms with van der Waals surface area (Å²) < 4.78 is 0. The Balaban J connectivity index is 1.95. The summed E-state index contributed by atoms with van der Waals surface area (Å²) in [7, 11) is 0. The van der Waals surface area contributed by atoms with Gasteiger partial charge in [-0.2, -0.15) is 0 Å². The van der Waals surface area contributed by atoms with Gasteiger partial charge in [-0.15, -0.1) is 0 Å². The van der Waals surface area contributed by atoms with Crippen molar-refractivity contribution in [2.24, 2.45) is 0 Å². The molecule has 1 aliphatic carbocycles. The number of aromatic nitrogens is 1. The highest BCUT2D eigenvalue weighted by Crippen LogP contribution is 2.30. The molecule has 1 aromatic heterocycles. The molecule has 3 heteroatoms. The van der Waals surface area contributed by atoms with Crippen LogP contribution < -0.4 is 10.2 Å². The minimum Gasteiger partial charge on any atom is -0.354 e. The first-order valence-corrected chi connectivity index (χ1v) is 7.65. The van der Waals surface area contributed by atoms with Crippen molar-refractivity contribution in [3.63, 3.8) is 0 Å². The van der Waals surface area contributed by atoms with Gasteiger partial charge in [0.2, 0.25) is 0 Å². The van der Waals surface area contributed by atoms with Gasteiger partial charge in [0, 0.05) is 31.4 Å². The van der Waals surface area contributed by atoms with Gasteiger partial charge in [0.25, 0.3) is 0 Å². The normalized spacial score (nSPS) is 14.9. The molecule has 0 amide bonds. The number of rotatable bonds is 8. The maximum Gasteiger partial charge on any atom is 0.128 e. The van der Waals surface area contributed by atoms with Gasteiger partial charge >= 0.3 is 0 Å². The molecular formula is C16H27N3. The summed E-state index contributed by atoms with van der Waals surface area (Å²) in [5, 5.41) is 3.43. The molecule has 1 N–H and O–H groups in total. The van der Waals surface area contributed by atoms with E-state index in [1.54, 1.807) is 0 Å². The Kier molecular flexibility index (Phi) is 5.20. The number of nitrogens with zero attached hydrogens (tertiary/aromatic N) is 2. The van der Waals surface area contributed by atoms with Gasteiger partial charge in [-0.25, -0.2) is 4.98 Å². The fourth-order valence-corrected chi connectivity index (χ4v) is 2.21. The maximum atomic E-state index is 4.66. The summed E-state index contributed by atoms with van der Waals surface area (Å²) in [4.78, 5) is 7.15. The van der Waals surface area contributed by atoms with Gasteiger partial charge in [-0.3, -0.25) is 0 Å². The highest BCUT2D eigenvalue weighted by atomic mass is 15.2. The van der Waals surface area contributed by atoms with Gasteiger partial charge in [-0.1, -0.05) is 33.3 Å². The Morgan fingerprint density at radius 3 is 2.68 bits per heavy atom. The first-order chi connectivity index (χ1) is 9.20. The number of anilines is 1. The van der Waals surface area contributed by atoms with Gasteiger partial charge in [0.05, 0.1) is 0 Å². The maximum absolute atomic E-state index is 4.66. The van der Waals surface area contributed by atoms with Crippen molar-refractivity contribution >= 4 is 5.82 Å². The van der Waals surface area contributed by atoms with E-state index in [2.05, 4.69) is 48.1 Å². The van der Waals surface area contributed by atoms with Crippen LogP contribution in [0.2, 0.25) is 0 Å². The van der Waals surface area contributed by atoms with E-state index in [1.807, 2.05) is 6.20 Å². The van der Waals surface area contributed by atoms with Crippen LogP contribution in [0.25, 0.3) is 0 Å². The third-order valence-electron chi connectivity index (χ3n) is 3.56. The van der Waals surface area contributed by atoms with Crippen LogP contribution >= 0.6 is 0 Å². The monoisotopic (exact) mass is 261 g/mol. The summed E-state index contributed by atoms with van der Waals surface area (Å²) in [6, 6.07) is 5.66. The van der Waals surface area contributed by atoms with Gasteiger partial charge < -0.3 is 10.2 Å². The summed E-state index contributed by atoms with van der Waals surface area (Å²) >= 11 is 0. The molecule has 0 spiro atoms. The van der Waals surface area contributed by atoms with E-state index < -0.39 is 0 Å². The molecule has 0 atom stereocenters. The Morgan fingerprint density at radius 1 is 1.37 bits per heavy atom. The Morgan fingerprint density at radius 2 is 2.16 bits per heavy atom. The molecule has 0 aromatic carbocycles. The zero-order valence-corrected chi connectivity index (χ0v) is 12.5. The van der Waals surface area contributed by atoms with Crippen LogP contribution in [0.4, 0.5) is 5.82 Å². The fraction of sp³-hybridized carbons (Fsp3) is 0.688. The van der Waals surface area contributed by atoms with E-state index in [4.69, 9.17) is 0 Å². The van der Waals surface area contributed by atoms with Crippen molar-refractivity contribution in [2.75, 3.05) is 11.4 Å². The molecule has 0 saturated heterocycles. The Bertz CT molecular complexity index is 368. The molecule has 1 fully saturated rings. The van der Waals surface area contributed by atoms with E-state index in [0.29, 0.717) is 6.04 Å². The highest BCUT2D eigenvalue weighted by molar-refractivity contribution is 5.42. The smallest absolute Gasteiger partial charge is 0.128 e. The van der Waals surface area contributed by atoms with E-state index in [1.165, 1.54) is 31.2 Å². The van der Waals surface area contributed by atoms with Gasteiger partial charge in [0.1, 0.15) is 5.82 Å². The molecule has 0 radical (unpaired) electrons. The van der Waals surface area contributed by atoms with Crippen molar-refractivity contribution in [2.45, 2.75) is 65.1 Å². The van der Waals surface area contributed by atoms with Crippen molar-refractivity contribution in [1.29, 1.82) is 0 Å². The lowest BCUT2D eigenvalue weighted by molar-refractivity contribution is 0.587. The average Bonchev–Trinajstić information content (AvgIpc) is 3.23. The van der Waals surface area contributed by atoms with Crippen molar-refractivity contribution in [1.82, 2.24) is 10.3 Å². The fourth-order valence-electron chi connectivity index (χ4n) is 2.21. The van der Waals surface area contributed by atoms with Crippen LogP contribution in [0.3, 0.4) is 0 Å². The van der Waals surface area contributed by atoms with Gasteiger partial charge in [-0.05, 0) is 30.9 Å². The van der Waals surface area contributed by atoms with E-state index >= 15 is 0 Å². The minimum absolute atomic E-state index is 0.521. The van der Waals surface area contributed by atoms with E-state index in [-0.39, 0.29) is 0 Å². The van der Waals surface area contributed by atoms with Crippen LogP contribution in [-0.2, 0) is 6.54 Å². The average molecular weight is 261 g/mol. The van der Waals surface area contributed by atoms with Crippen LogP contribution in [0.5, 0.6) is 0 Å². The molecule has 1 heterocycles. The zero-order valence-electron chi connectivity index (χ0n) is 12.5. The SMILES string of the molecule is CCCCN(c1ccc(CNC(C)C)cn1)C1CC1. The molecule has 1 aliphatic rings. The molecule has 2 rings (SSSR count). The second-order valence-electron chi connectivity index (χ2n) is 5.84. The van der Waals surface area contributed by atoms with Crippen molar-refractivity contribution < 1.29 is 0 Å². The first kappa shape index (κ1) is 14.3. The van der Waals surface area contributed by atoms with Crippen molar-refractivity contribution in [3.8, 4) is 0 Å². The van der Waals surface area contributed by atoms with Crippen LogP contribution in [0.1, 0.15) is 52.0 Å². The molecule has 1 aromatic rings. The molecular weight excluding hydrogens is 234 g/mol. The van der Waals surface area contributed by atoms with Crippen LogP contribution in [0.15, 0.2) is 18.3 Å². The second-order valence-corrected chi connectivity index (χ2v) is 5.84. The molecule has 0 unspecified atom stereocenters. The van der Waals surface area contributed by atoms with E-state index in [9.17, 15) is 0 Å². The number of pyridine rings is 1. The second kappa shape index (κ2) is 6.90. The van der Waals surface area contributed by atoms with Gasteiger partial charge in [0.15, 0.2) is 0 Å². The summed E-state index contributed by atoms with van der Waals surface area (Å²) in [6.07, 6.45) is 7.20. The first-order valence-electron chi connectivity index (χ1n) is 7.65. The van der Waals surface area contributed by atoms with E-state index in [0.717, 1.165) is 24.9 Å². The zero-order chi connectivity index (χ0) is 13.7. The number of hydrogen-bond donors (Lipinski definition) is 1. The lowest BCUT2D eigenvalue weighted by Crippen LogP contribution is -2.27. The number of unbranched alkanes of at least 4 members (excludes halogenated alkanes) is 1. The minimum atomic E-state index is 0.521. The van der Waals surface area contributed by atoms with Crippen LogP contribution in [0, 0.1) is 0 Å². The predicted octanol–water partition coefficient (Wildman–Crippen LogP) is 3.35. The summed E-state index contributed by atoms with van der Waals surface area (Å²) in [5.41, 5.74) is 1.27. The molecule has 0 aliphatic heterocycles. The number of hydrogen-bond acceptors (Lipinski definition) is 3. The quantitative estimate of drug-likeness (QED) is 0.778. The molecule has 106 valence electrons. The molecule has 1 saturated carbocycles.